The fourth-order valence-corrected chi connectivity index (χ4v) is 7.89. The molecule has 1 aromatic carbocycles. The SMILES string of the molecule is CCC(CC)(OC#N)[Si]C(Cc1ccccc1)[Si]C(CC)(CC)OC#N. The molecule has 0 aliphatic carbocycles. The van der Waals surface area contributed by atoms with Crippen LogP contribution in [-0.4, -0.2) is 29.5 Å². The Labute approximate surface area is 163 Å². The van der Waals surface area contributed by atoms with Crippen molar-refractivity contribution in [3.8, 4) is 12.5 Å². The first-order chi connectivity index (χ1) is 12.5. The maximum absolute atomic E-state index is 9.14. The first-order valence-corrected chi connectivity index (χ1v) is 11.4. The molecule has 4 radical (unpaired) electrons. The number of nitriles is 2. The molecule has 0 spiro atoms. The molecule has 6 heteroatoms. The lowest BCUT2D eigenvalue weighted by Crippen LogP contribution is -2.47. The molecule has 0 heterocycles. The minimum absolute atomic E-state index is 0.318. The first-order valence-electron chi connectivity index (χ1n) is 9.26. The predicted octanol–water partition coefficient (Wildman–Crippen LogP) is 4.41. The maximum Gasteiger partial charge on any atom is 0.286 e. The summed E-state index contributed by atoms with van der Waals surface area (Å²) >= 11 is 0. The van der Waals surface area contributed by atoms with Crippen LogP contribution in [0.5, 0.6) is 0 Å². The fraction of sp³-hybridized carbons (Fsp3) is 0.600. The van der Waals surface area contributed by atoms with Gasteiger partial charge in [0.25, 0.3) is 12.5 Å². The highest BCUT2D eigenvalue weighted by atomic mass is 28.3. The zero-order valence-corrected chi connectivity index (χ0v) is 18.2. The van der Waals surface area contributed by atoms with E-state index in [1.807, 2.05) is 18.6 Å². The molecule has 0 saturated carbocycles. The van der Waals surface area contributed by atoms with Crippen molar-refractivity contribution in [1.29, 1.82) is 10.5 Å². The third-order valence-electron chi connectivity index (χ3n) is 4.92. The van der Waals surface area contributed by atoms with Crippen LogP contribution in [0.1, 0.15) is 58.9 Å². The lowest BCUT2D eigenvalue weighted by molar-refractivity contribution is 0.1000. The summed E-state index contributed by atoms with van der Waals surface area (Å²) in [6, 6.07) is 10.4. The lowest BCUT2D eigenvalue weighted by atomic mass is 10.2. The molecule has 0 aliphatic heterocycles. The summed E-state index contributed by atoms with van der Waals surface area (Å²) in [6.45, 7) is 8.31. The Balaban J connectivity index is 3.12. The van der Waals surface area contributed by atoms with Gasteiger partial charge in [0, 0.05) is 0 Å². The van der Waals surface area contributed by atoms with Crippen molar-refractivity contribution in [3.63, 3.8) is 0 Å². The lowest BCUT2D eigenvalue weighted by Gasteiger charge is -2.36. The molecule has 26 heavy (non-hydrogen) atoms. The Morgan fingerprint density at radius 2 is 1.27 bits per heavy atom. The number of ether oxygens (including phenoxy) is 2. The van der Waals surface area contributed by atoms with Gasteiger partial charge >= 0.3 is 0 Å². The summed E-state index contributed by atoms with van der Waals surface area (Å²) in [5.41, 5.74) is 1.27. The molecule has 0 aliphatic rings. The molecular weight excluding hydrogens is 356 g/mol. The second-order valence-electron chi connectivity index (χ2n) is 6.32. The van der Waals surface area contributed by atoms with Crippen LogP contribution in [0.4, 0.5) is 0 Å². The molecule has 0 atom stereocenters. The van der Waals surface area contributed by atoms with Gasteiger partial charge < -0.3 is 9.47 Å². The average Bonchev–Trinajstić information content (AvgIpc) is 2.67. The van der Waals surface area contributed by atoms with Gasteiger partial charge in [-0.2, -0.15) is 10.5 Å². The number of hydrogen-bond acceptors (Lipinski definition) is 4. The van der Waals surface area contributed by atoms with E-state index < -0.39 is 10.4 Å². The van der Waals surface area contributed by atoms with Crippen molar-refractivity contribution in [1.82, 2.24) is 0 Å². The largest absolute Gasteiger partial charge is 0.425 e. The highest BCUT2D eigenvalue weighted by Gasteiger charge is 2.39. The van der Waals surface area contributed by atoms with E-state index in [1.54, 1.807) is 0 Å². The molecule has 0 N–H and O–H groups in total. The second-order valence-corrected chi connectivity index (χ2v) is 10.7. The van der Waals surface area contributed by atoms with Gasteiger partial charge in [-0.15, -0.1) is 0 Å². The average molecular weight is 385 g/mol. The van der Waals surface area contributed by atoms with E-state index in [-0.39, 0.29) is 0 Å². The highest BCUT2D eigenvalue weighted by molar-refractivity contribution is 6.62. The number of rotatable bonds is 12. The van der Waals surface area contributed by atoms with E-state index >= 15 is 0 Å². The van der Waals surface area contributed by atoms with E-state index in [4.69, 9.17) is 20.0 Å². The van der Waals surface area contributed by atoms with E-state index in [2.05, 4.69) is 52.0 Å². The molecule has 4 nitrogen and oxygen atoms in total. The molecule has 1 rings (SSSR count). The van der Waals surface area contributed by atoms with Crippen LogP contribution in [0.3, 0.4) is 0 Å². The monoisotopic (exact) mass is 384 g/mol. The summed E-state index contributed by atoms with van der Waals surface area (Å²) in [7, 11) is 0.959. The van der Waals surface area contributed by atoms with Gasteiger partial charge in [-0.25, -0.2) is 0 Å². The second kappa shape index (κ2) is 11.1. The molecule has 0 saturated heterocycles. The van der Waals surface area contributed by atoms with Crippen LogP contribution < -0.4 is 0 Å². The Morgan fingerprint density at radius 1 is 0.846 bits per heavy atom. The van der Waals surface area contributed by atoms with Crippen molar-refractivity contribution in [2.24, 2.45) is 0 Å². The maximum atomic E-state index is 9.14. The quantitative estimate of drug-likeness (QED) is 0.395. The van der Waals surface area contributed by atoms with Crippen molar-refractivity contribution in [2.75, 3.05) is 0 Å². The number of hydrogen-bond donors (Lipinski definition) is 0. The Kier molecular flexibility index (Phi) is 9.47. The van der Waals surface area contributed by atoms with E-state index in [9.17, 15) is 0 Å². The van der Waals surface area contributed by atoms with Gasteiger partial charge in [0.2, 0.25) is 0 Å². The topological polar surface area (TPSA) is 66.0 Å². The zero-order chi connectivity index (χ0) is 19.5. The van der Waals surface area contributed by atoms with Crippen molar-refractivity contribution in [2.45, 2.75) is 75.4 Å². The van der Waals surface area contributed by atoms with Crippen molar-refractivity contribution < 1.29 is 9.47 Å². The summed E-state index contributed by atoms with van der Waals surface area (Å²) in [6.07, 6.45) is 7.96. The Morgan fingerprint density at radius 3 is 1.62 bits per heavy atom. The number of benzene rings is 1. The highest BCUT2D eigenvalue weighted by Crippen LogP contribution is 2.30. The van der Waals surface area contributed by atoms with E-state index in [0.717, 1.165) is 32.1 Å². The molecule has 0 fully saturated rings. The van der Waals surface area contributed by atoms with Crippen LogP contribution in [0.15, 0.2) is 30.3 Å². The van der Waals surface area contributed by atoms with Gasteiger partial charge in [-0.1, -0.05) is 58.0 Å². The van der Waals surface area contributed by atoms with Gasteiger partial charge in [-0.3, -0.25) is 0 Å². The third-order valence-corrected chi connectivity index (χ3v) is 9.57. The van der Waals surface area contributed by atoms with E-state index in [1.165, 1.54) is 5.56 Å². The summed E-state index contributed by atoms with van der Waals surface area (Å²) in [5.74, 6) is 0. The number of nitrogens with zero attached hydrogens (tertiary/aromatic N) is 2. The predicted molar refractivity (Wildman–Crippen MR) is 105 cm³/mol. The summed E-state index contributed by atoms with van der Waals surface area (Å²) in [5, 5.41) is 17.8. The zero-order valence-electron chi connectivity index (χ0n) is 16.2. The minimum atomic E-state index is -0.416. The molecule has 0 unspecified atom stereocenters. The molecule has 0 bridgehead atoms. The molecule has 138 valence electrons. The minimum Gasteiger partial charge on any atom is -0.425 e. The summed E-state index contributed by atoms with van der Waals surface area (Å²) in [4.78, 5) is 0. The van der Waals surface area contributed by atoms with Crippen molar-refractivity contribution >= 4 is 19.0 Å². The third kappa shape index (κ3) is 6.19. The van der Waals surface area contributed by atoms with E-state index in [0.29, 0.717) is 24.2 Å². The van der Waals surface area contributed by atoms with Gasteiger partial charge in [0.1, 0.15) is 29.5 Å². The molecule has 1 aromatic rings. The molecular formula is C20H28N2O2Si2. The standard InChI is InChI=1S/C20H28N2O2Si2/c1-5-19(6-2,23-15-21)25-18(14-17-12-10-9-11-13-17)26-20(7-3,8-4)24-16-22/h9-13,18H,5-8,14H2,1-4H3. The van der Waals surface area contributed by atoms with Gasteiger partial charge in [0.05, 0.1) is 0 Å². The van der Waals surface area contributed by atoms with Crippen LogP contribution in [-0.2, 0) is 15.9 Å². The fourth-order valence-electron chi connectivity index (χ4n) is 3.05. The van der Waals surface area contributed by atoms with Gasteiger partial charge in [-0.05, 0) is 42.8 Å². The van der Waals surface area contributed by atoms with Gasteiger partial charge in [0.15, 0.2) is 0 Å². The first kappa shape index (κ1) is 22.3. The molecule has 0 amide bonds. The normalized spacial score (nSPS) is 11.7. The smallest absolute Gasteiger partial charge is 0.286 e. The summed E-state index contributed by atoms with van der Waals surface area (Å²) < 4.78 is 11.1. The molecule has 0 aromatic heterocycles. The van der Waals surface area contributed by atoms with Crippen LogP contribution in [0, 0.1) is 23.0 Å². The Hall–Kier alpha value is -1.77. The van der Waals surface area contributed by atoms with Crippen LogP contribution >= 0.6 is 0 Å². The van der Waals surface area contributed by atoms with Crippen LogP contribution in [0.25, 0.3) is 0 Å². The Bertz CT molecular complexity index is 568. The van der Waals surface area contributed by atoms with Crippen molar-refractivity contribution in [3.05, 3.63) is 35.9 Å². The van der Waals surface area contributed by atoms with Crippen LogP contribution in [0.2, 0.25) is 5.16 Å².